The van der Waals surface area contributed by atoms with Gasteiger partial charge in [-0.3, -0.25) is 4.79 Å². The van der Waals surface area contributed by atoms with Gasteiger partial charge in [0.25, 0.3) is 5.91 Å². The standard InChI is InChI=1S/C21H16ClN5O2S/c22-15-8-10-18(11-9-15)30-20-7-2-1-6-19(20)24-21(28)13-29-17-5-3-4-16(12-17)27-14-23-25-26-27/h1-12,14H,13H2,(H,24,28). The number of amides is 1. The van der Waals surface area contributed by atoms with Crippen LogP contribution in [0.2, 0.25) is 5.02 Å². The normalized spacial score (nSPS) is 10.6. The van der Waals surface area contributed by atoms with Crippen molar-refractivity contribution >= 4 is 35.0 Å². The Hall–Kier alpha value is -3.36. The molecule has 0 spiro atoms. The first-order valence-electron chi connectivity index (χ1n) is 8.96. The van der Waals surface area contributed by atoms with Crippen molar-refractivity contribution in [2.75, 3.05) is 11.9 Å². The molecule has 4 aromatic rings. The Kier molecular flexibility index (Phi) is 6.26. The third kappa shape index (κ3) is 5.16. The summed E-state index contributed by atoms with van der Waals surface area (Å²) in [4.78, 5) is 14.4. The van der Waals surface area contributed by atoms with Crippen molar-refractivity contribution in [1.82, 2.24) is 20.2 Å². The number of rotatable bonds is 7. The van der Waals surface area contributed by atoms with Gasteiger partial charge in [0, 0.05) is 20.9 Å². The zero-order valence-electron chi connectivity index (χ0n) is 15.6. The molecule has 3 aromatic carbocycles. The molecule has 0 bridgehead atoms. The smallest absolute Gasteiger partial charge is 0.262 e. The van der Waals surface area contributed by atoms with Gasteiger partial charge in [0.05, 0.1) is 11.4 Å². The van der Waals surface area contributed by atoms with Gasteiger partial charge >= 0.3 is 0 Å². The molecular weight excluding hydrogens is 422 g/mol. The average Bonchev–Trinajstić information content (AvgIpc) is 3.31. The lowest BCUT2D eigenvalue weighted by Gasteiger charge is -2.12. The maximum Gasteiger partial charge on any atom is 0.262 e. The topological polar surface area (TPSA) is 81.9 Å². The molecular formula is C21H16ClN5O2S. The maximum absolute atomic E-state index is 12.4. The summed E-state index contributed by atoms with van der Waals surface area (Å²) in [7, 11) is 0. The van der Waals surface area contributed by atoms with E-state index in [0.717, 1.165) is 15.5 Å². The van der Waals surface area contributed by atoms with Gasteiger partial charge in [0.15, 0.2) is 6.61 Å². The molecule has 0 atom stereocenters. The Morgan fingerprint density at radius 2 is 1.90 bits per heavy atom. The predicted octanol–water partition coefficient (Wildman–Crippen LogP) is 4.48. The SMILES string of the molecule is O=C(COc1cccc(-n2cnnn2)c1)Nc1ccccc1Sc1ccc(Cl)cc1. The molecule has 1 aromatic heterocycles. The molecule has 0 aliphatic carbocycles. The highest BCUT2D eigenvalue weighted by Gasteiger charge is 2.09. The van der Waals surface area contributed by atoms with Gasteiger partial charge < -0.3 is 10.1 Å². The second kappa shape index (κ2) is 9.43. The van der Waals surface area contributed by atoms with Crippen LogP contribution in [0.25, 0.3) is 5.69 Å². The number of carbonyl (C=O) groups is 1. The van der Waals surface area contributed by atoms with Gasteiger partial charge in [-0.1, -0.05) is 41.6 Å². The molecule has 0 saturated carbocycles. The van der Waals surface area contributed by atoms with Crippen LogP contribution >= 0.6 is 23.4 Å². The van der Waals surface area contributed by atoms with Crippen LogP contribution in [0.15, 0.2) is 88.9 Å². The molecule has 9 heteroatoms. The van der Waals surface area contributed by atoms with Crippen molar-refractivity contribution in [1.29, 1.82) is 0 Å². The summed E-state index contributed by atoms with van der Waals surface area (Å²) in [6, 6.07) is 22.3. The third-order valence-electron chi connectivity index (χ3n) is 4.00. The van der Waals surface area contributed by atoms with Gasteiger partial charge in [-0.25, -0.2) is 4.68 Å². The largest absolute Gasteiger partial charge is 0.484 e. The summed E-state index contributed by atoms with van der Waals surface area (Å²) in [5, 5.41) is 14.6. The van der Waals surface area contributed by atoms with Crippen molar-refractivity contribution in [2.45, 2.75) is 9.79 Å². The molecule has 7 nitrogen and oxygen atoms in total. The van der Waals surface area contributed by atoms with Crippen LogP contribution in [-0.2, 0) is 4.79 Å². The molecule has 1 N–H and O–H groups in total. The minimum absolute atomic E-state index is 0.126. The fourth-order valence-corrected chi connectivity index (χ4v) is 3.65. The lowest BCUT2D eigenvalue weighted by atomic mass is 10.3. The Labute approximate surface area is 182 Å². The molecule has 0 unspecified atom stereocenters. The molecule has 150 valence electrons. The van der Waals surface area contributed by atoms with Crippen LogP contribution in [0, 0.1) is 0 Å². The van der Waals surface area contributed by atoms with Crippen LogP contribution in [0.4, 0.5) is 5.69 Å². The summed E-state index contributed by atoms with van der Waals surface area (Å²) in [6.07, 6.45) is 1.49. The van der Waals surface area contributed by atoms with E-state index >= 15 is 0 Å². The number of nitrogens with zero attached hydrogens (tertiary/aromatic N) is 4. The maximum atomic E-state index is 12.4. The first-order valence-corrected chi connectivity index (χ1v) is 10.2. The summed E-state index contributed by atoms with van der Waals surface area (Å²) in [5.41, 5.74) is 1.45. The first-order chi connectivity index (χ1) is 14.7. The lowest BCUT2D eigenvalue weighted by molar-refractivity contribution is -0.118. The van der Waals surface area contributed by atoms with E-state index in [4.69, 9.17) is 16.3 Å². The van der Waals surface area contributed by atoms with Crippen molar-refractivity contribution in [2.24, 2.45) is 0 Å². The van der Waals surface area contributed by atoms with Crippen molar-refractivity contribution in [3.63, 3.8) is 0 Å². The Balaban J connectivity index is 1.39. The Bertz CT molecular complexity index is 1140. The number of carbonyl (C=O) groups excluding carboxylic acids is 1. The van der Waals surface area contributed by atoms with Gasteiger partial charge in [0.2, 0.25) is 0 Å². The van der Waals surface area contributed by atoms with E-state index in [2.05, 4.69) is 20.8 Å². The summed E-state index contributed by atoms with van der Waals surface area (Å²) in [5.74, 6) is 0.286. The number of halogens is 1. The highest BCUT2D eigenvalue weighted by atomic mass is 35.5. The van der Waals surface area contributed by atoms with E-state index in [1.54, 1.807) is 23.9 Å². The van der Waals surface area contributed by atoms with Crippen LogP contribution in [0.3, 0.4) is 0 Å². The van der Waals surface area contributed by atoms with Crippen molar-refractivity contribution < 1.29 is 9.53 Å². The summed E-state index contributed by atoms with van der Waals surface area (Å²) in [6.45, 7) is -0.126. The summed E-state index contributed by atoms with van der Waals surface area (Å²) < 4.78 is 7.15. The molecule has 1 heterocycles. The van der Waals surface area contributed by atoms with E-state index in [1.807, 2.05) is 60.7 Å². The van der Waals surface area contributed by atoms with E-state index in [1.165, 1.54) is 11.0 Å². The van der Waals surface area contributed by atoms with E-state index < -0.39 is 0 Å². The molecule has 30 heavy (non-hydrogen) atoms. The average molecular weight is 438 g/mol. The molecule has 0 saturated heterocycles. The lowest BCUT2D eigenvalue weighted by Crippen LogP contribution is -2.20. The predicted molar refractivity (Wildman–Crippen MR) is 115 cm³/mol. The zero-order valence-corrected chi connectivity index (χ0v) is 17.2. The van der Waals surface area contributed by atoms with E-state index in [0.29, 0.717) is 16.5 Å². The molecule has 0 fully saturated rings. The molecule has 0 radical (unpaired) electrons. The number of aromatic nitrogens is 4. The van der Waals surface area contributed by atoms with Crippen molar-refractivity contribution in [3.05, 3.63) is 84.1 Å². The Morgan fingerprint density at radius 1 is 1.07 bits per heavy atom. The Morgan fingerprint density at radius 3 is 2.70 bits per heavy atom. The van der Waals surface area contributed by atoms with Gasteiger partial charge in [0.1, 0.15) is 12.1 Å². The highest BCUT2D eigenvalue weighted by molar-refractivity contribution is 7.99. The van der Waals surface area contributed by atoms with Crippen molar-refractivity contribution in [3.8, 4) is 11.4 Å². The second-order valence-electron chi connectivity index (χ2n) is 6.14. The number of hydrogen-bond donors (Lipinski definition) is 1. The minimum Gasteiger partial charge on any atom is -0.484 e. The molecule has 0 aliphatic heterocycles. The number of nitrogens with one attached hydrogen (secondary N) is 1. The van der Waals surface area contributed by atoms with Gasteiger partial charge in [-0.05, 0) is 59.0 Å². The van der Waals surface area contributed by atoms with Gasteiger partial charge in [-0.2, -0.15) is 0 Å². The number of para-hydroxylation sites is 1. The highest BCUT2D eigenvalue weighted by Crippen LogP contribution is 2.33. The van der Waals surface area contributed by atoms with Crippen LogP contribution in [-0.4, -0.2) is 32.7 Å². The van der Waals surface area contributed by atoms with Crippen LogP contribution in [0.1, 0.15) is 0 Å². The van der Waals surface area contributed by atoms with Crippen LogP contribution < -0.4 is 10.1 Å². The number of anilines is 1. The number of benzene rings is 3. The third-order valence-corrected chi connectivity index (χ3v) is 5.34. The molecule has 0 aliphatic rings. The van der Waals surface area contributed by atoms with E-state index in [9.17, 15) is 4.79 Å². The second-order valence-corrected chi connectivity index (χ2v) is 7.69. The van der Waals surface area contributed by atoms with Gasteiger partial charge in [-0.15, -0.1) is 5.10 Å². The van der Waals surface area contributed by atoms with E-state index in [-0.39, 0.29) is 12.5 Å². The summed E-state index contributed by atoms with van der Waals surface area (Å²) >= 11 is 7.49. The molecule has 1 amide bonds. The fourth-order valence-electron chi connectivity index (χ4n) is 2.62. The fraction of sp³-hybridized carbons (Fsp3) is 0.0476. The number of tetrazole rings is 1. The zero-order chi connectivity index (χ0) is 20.8. The monoisotopic (exact) mass is 437 g/mol. The number of hydrogen-bond acceptors (Lipinski definition) is 6. The quantitative estimate of drug-likeness (QED) is 0.459. The number of ether oxygens (including phenoxy) is 1. The molecule has 4 rings (SSSR count). The minimum atomic E-state index is -0.257. The first kappa shape index (κ1) is 19.9. The van der Waals surface area contributed by atoms with Crippen LogP contribution in [0.5, 0.6) is 5.75 Å².